The van der Waals surface area contributed by atoms with Crippen LogP contribution in [0.25, 0.3) is 10.2 Å². The van der Waals surface area contributed by atoms with Gasteiger partial charge in [0.1, 0.15) is 5.75 Å². The normalized spacial score (nSPS) is 11.4. The first kappa shape index (κ1) is 22.2. The van der Waals surface area contributed by atoms with Crippen molar-refractivity contribution in [2.24, 2.45) is 0 Å². The van der Waals surface area contributed by atoms with Crippen molar-refractivity contribution in [1.29, 1.82) is 0 Å². The molecular weight excluding hydrogens is 468 g/mol. The van der Waals surface area contributed by atoms with Crippen LogP contribution in [-0.4, -0.2) is 37.2 Å². The number of anilines is 3. The Bertz CT molecular complexity index is 1360. The van der Waals surface area contributed by atoms with Gasteiger partial charge < -0.3 is 15.4 Å². The first-order chi connectivity index (χ1) is 15.3. The average molecular weight is 489 g/mol. The Hall–Kier alpha value is -3.02. The maximum Gasteiger partial charge on any atom is 0.232 e. The van der Waals surface area contributed by atoms with Crippen molar-refractivity contribution in [3.63, 3.8) is 0 Å². The van der Waals surface area contributed by atoms with Gasteiger partial charge in [-0.1, -0.05) is 11.3 Å². The van der Waals surface area contributed by atoms with Crippen molar-refractivity contribution in [2.75, 3.05) is 23.5 Å². The summed E-state index contributed by atoms with van der Waals surface area (Å²) < 4.78 is 29.5. The highest BCUT2D eigenvalue weighted by Gasteiger charge is 2.12. The molecule has 1 amide bonds. The lowest BCUT2D eigenvalue weighted by atomic mass is 10.3. The molecule has 0 aliphatic rings. The Morgan fingerprint density at radius 3 is 2.59 bits per heavy atom. The van der Waals surface area contributed by atoms with Crippen LogP contribution in [0.15, 0.2) is 52.7 Å². The molecule has 166 valence electrons. The highest BCUT2D eigenvalue weighted by atomic mass is 32.2. The van der Waals surface area contributed by atoms with Crippen molar-refractivity contribution >= 4 is 64.6 Å². The van der Waals surface area contributed by atoms with Crippen LogP contribution in [0.1, 0.15) is 12.6 Å². The summed E-state index contributed by atoms with van der Waals surface area (Å²) >= 11 is 2.75. The summed E-state index contributed by atoms with van der Waals surface area (Å²) in [6.45, 7) is 2.51. The van der Waals surface area contributed by atoms with Crippen LogP contribution in [0, 0.1) is 0 Å². The highest BCUT2D eigenvalue weighted by molar-refractivity contribution is 7.90. The van der Waals surface area contributed by atoms with Crippen molar-refractivity contribution in [3.8, 4) is 5.75 Å². The van der Waals surface area contributed by atoms with E-state index in [0.29, 0.717) is 28.3 Å². The summed E-state index contributed by atoms with van der Waals surface area (Å²) in [6, 6.07) is 12.1. The van der Waals surface area contributed by atoms with E-state index < -0.39 is 9.84 Å². The maximum atomic E-state index is 12.4. The summed E-state index contributed by atoms with van der Waals surface area (Å²) in [5, 5.41) is 8.89. The first-order valence-electron chi connectivity index (χ1n) is 9.65. The van der Waals surface area contributed by atoms with Crippen LogP contribution in [0.3, 0.4) is 0 Å². The quantitative estimate of drug-likeness (QED) is 0.376. The van der Waals surface area contributed by atoms with E-state index in [1.165, 1.54) is 41.1 Å². The summed E-state index contributed by atoms with van der Waals surface area (Å²) in [6.07, 6.45) is 1.28. The summed E-state index contributed by atoms with van der Waals surface area (Å²) in [7, 11) is -3.24. The van der Waals surface area contributed by atoms with Crippen LogP contribution in [0.4, 0.5) is 16.0 Å². The highest BCUT2D eigenvalue weighted by Crippen LogP contribution is 2.29. The SMILES string of the molecule is CCOc1ccc2nc(NC(=O)Cc3csc(Nc4ccc(S(C)(=O)=O)cc4)n3)sc2c1. The fourth-order valence-corrected chi connectivity index (χ4v) is 5.17. The minimum atomic E-state index is -3.24. The van der Waals surface area contributed by atoms with Crippen molar-refractivity contribution in [2.45, 2.75) is 18.2 Å². The molecule has 32 heavy (non-hydrogen) atoms. The maximum absolute atomic E-state index is 12.4. The minimum Gasteiger partial charge on any atom is -0.494 e. The van der Waals surface area contributed by atoms with E-state index in [2.05, 4.69) is 20.6 Å². The first-order valence-corrected chi connectivity index (χ1v) is 13.2. The lowest BCUT2D eigenvalue weighted by Gasteiger charge is -2.04. The third-order valence-electron chi connectivity index (χ3n) is 4.34. The van der Waals surface area contributed by atoms with Crippen molar-refractivity contribution in [1.82, 2.24) is 9.97 Å². The lowest BCUT2D eigenvalue weighted by molar-refractivity contribution is -0.115. The molecule has 2 aromatic heterocycles. The summed E-state index contributed by atoms with van der Waals surface area (Å²) in [4.78, 5) is 21.6. The number of sulfone groups is 1. The molecular formula is C21H20N4O4S3. The van der Waals surface area contributed by atoms with Crippen LogP contribution >= 0.6 is 22.7 Å². The zero-order valence-electron chi connectivity index (χ0n) is 17.3. The number of carbonyl (C=O) groups is 1. The average Bonchev–Trinajstić information content (AvgIpc) is 3.33. The number of nitrogens with zero attached hydrogens (tertiary/aromatic N) is 2. The standard InChI is InChI=1S/C21H20N4O4S3/c1-3-29-15-6-9-17-18(11-15)31-21(24-17)25-19(26)10-14-12-30-20(23-14)22-13-4-7-16(8-5-13)32(2,27)28/h4-9,11-12H,3,10H2,1-2H3,(H,22,23)(H,24,25,26). The fraction of sp³-hybridized carbons (Fsp3) is 0.190. The number of hydrogen-bond donors (Lipinski definition) is 2. The number of thiazole rings is 2. The van der Waals surface area contributed by atoms with Gasteiger partial charge >= 0.3 is 0 Å². The predicted octanol–water partition coefficient (Wildman–Crippen LogP) is 4.48. The Kier molecular flexibility index (Phi) is 6.40. The van der Waals surface area contributed by atoms with Crippen LogP contribution in [-0.2, 0) is 21.1 Å². The number of ether oxygens (including phenoxy) is 1. The molecule has 0 saturated heterocycles. The third kappa shape index (κ3) is 5.42. The van der Waals surface area contributed by atoms with Gasteiger partial charge in [0, 0.05) is 17.3 Å². The molecule has 2 aromatic carbocycles. The second kappa shape index (κ2) is 9.23. The van der Waals surface area contributed by atoms with Gasteiger partial charge in [0.05, 0.1) is 33.8 Å². The molecule has 0 spiro atoms. The number of carbonyl (C=O) groups excluding carboxylic acids is 1. The van der Waals surface area contributed by atoms with E-state index >= 15 is 0 Å². The van der Waals surface area contributed by atoms with Gasteiger partial charge in [-0.15, -0.1) is 11.3 Å². The monoisotopic (exact) mass is 488 g/mol. The van der Waals surface area contributed by atoms with E-state index in [0.717, 1.165) is 16.0 Å². The molecule has 2 heterocycles. The number of amides is 1. The molecule has 0 fully saturated rings. The minimum absolute atomic E-state index is 0.116. The zero-order valence-corrected chi connectivity index (χ0v) is 19.7. The van der Waals surface area contributed by atoms with Gasteiger partial charge in [0.15, 0.2) is 20.1 Å². The Labute approximate surface area is 193 Å². The molecule has 4 aromatic rings. The second-order valence-corrected chi connectivity index (χ2v) is 10.8. The molecule has 11 heteroatoms. The Balaban J connectivity index is 1.37. The van der Waals surface area contributed by atoms with Crippen molar-refractivity contribution in [3.05, 3.63) is 53.5 Å². The van der Waals surface area contributed by atoms with E-state index in [1.807, 2.05) is 25.1 Å². The number of hydrogen-bond acceptors (Lipinski definition) is 9. The summed E-state index contributed by atoms with van der Waals surface area (Å²) in [5.74, 6) is 0.568. The number of nitrogens with one attached hydrogen (secondary N) is 2. The number of fused-ring (bicyclic) bond motifs is 1. The topological polar surface area (TPSA) is 110 Å². The van der Waals surface area contributed by atoms with E-state index in [-0.39, 0.29) is 17.2 Å². The van der Waals surface area contributed by atoms with Gasteiger partial charge in [0.25, 0.3) is 0 Å². The van der Waals surface area contributed by atoms with Crippen LogP contribution in [0.5, 0.6) is 5.75 Å². The molecule has 0 bridgehead atoms. The van der Waals surface area contributed by atoms with Gasteiger partial charge in [-0.25, -0.2) is 18.4 Å². The molecule has 8 nitrogen and oxygen atoms in total. The molecule has 0 radical (unpaired) electrons. The van der Waals surface area contributed by atoms with Crippen molar-refractivity contribution < 1.29 is 17.9 Å². The largest absolute Gasteiger partial charge is 0.494 e. The molecule has 0 aliphatic heterocycles. The third-order valence-corrected chi connectivity index (χ3v) is 7.21. The number of rotatable bonds is 8. The fourth-order valence-electron chi connectivity index (χ4n) is 2.90. The van der Waals surface area contributed by atoms with Crippen LogP contribution in [0.2, 0.25) is 0 Å². The second-order valence-electron chi connectivity index (χ2n) is 6.87. The summed E-state index contributed by atoms with van der Waals surface area (Å²) in [5.41, 5.74) is 2.14. The predicted molar refractivity (Wildman–Crippen MR) is 128 cm³/mol. The lowest BCUT2D eigenvalue weighted by Crippen LogP contribution is -2.14. The smallest absolute Gasteiger partial charge is 0.232 e. The molecule has 0 atom stereocenters. The number of benzene rings is 2. The van der Waals surface area contributed by atoms with Gasteiger partial charge in [-0.05, 0) is 49.4 Å². The van der Waals surface area contributed by atoms with Gasteiger partial charge in [-0.3, -0.25) is 4.79 Å². The van der Waals surface area contributed by atoms with E-state index in [1.54, 1.807) is 17.5 Å². The van der Waals surface area contributed by atoms with Gasteiger partial charge in [-0.2, -0.15) is 0 Å². The van der Waals surface area contributed by atoms with Crippen LogP contribution < -0.4 is 15.4 Å². The molecule has 4 rings (SSSR count). The number of aromatic nitrogens is 2. The molecule has 0 saturated carbocycles. The Morgan fingerprint density at radius 1 is 1.09 bits per heavy atom. The Morgan fingerprint density at radius 2 is 1.88 bits per heavy atom. The zero-order chi connectivity index (χ0) is 22.7. The molecule has 0 aliphatic carbocycles. The van der Waals surface area contributed by atoms with E-state index in [9.17, 15) is 13.2 Å². The van der Waals surface area contributed by atoms with E-state index in [4.69, 9.17) is 4.74 Å². The molecule has 0 unspecified atom stereocenters. The van der Waals surface area contributed by atoms with Gasteiger partial charge in [0.2, 0.25) is 5.91 Å². The molecule has 2 N–H and O–H groups in total.